The highest BCUT2D eigenvalue weighted by molar-refractivity contribution is 5.83. The molecule has 121 valence electrons. The Hall–Kier alpha value is -2.96. The third-order valence-corrected chi connectivity index (χ3v) is 3.36. The monoisotopic (exact) mass is 329 g/mol. The van der Waals surface area contributed by atoms with Crippen LogP contribution in [0, 0.1) is 13.1 Å². The molecule has 3 aromatic rings. The Labute approximate surface area is 136 Å². The molecule has 1 radical (unpaired) electrons. The molecule has 3 rings (SSSR count). The number of aryl methyl sites for hydroxylation is 1. The molecule has 2 heterocycles. The van der Waals surface area contributed by atoms with E-state index in [0.717, 1.165) is 6.07 Å². The summed E-state index contributed by atoms with van der Waals surface area (Å²) in [6.07, 6.45) is -0.355. The Morgan fingerprint density at radius 2 is 1.88 bits per heavy atom. The number of anilines is 1. The molecule has 4 nitrogen and oxygen atoms in total. The van der Waals surface area contributed by atoms with Crippen molar-refractivity contribution in [1.29, 1.82) is 0 Å². The van der Waals surface area contributed by atoms with Gasteiger partial charge in [0.1, 0.15) is 5.69 Å². The molecule has 24 heavy (non-hydrogen) atoms. The van der Waals surface area contributed by atoms with Crippen LogP contribution in [-0.4, -0.2) is 15.0 Å². The molecule has 0 bridgehead atoms. The fourth-order valence-corrected chi connectivity index (χ4v) is 2.37. The summed E-state index contributed by atoms with van der Waals surface area (Å²) >= 11 is 0. The van der Waals surface area contributed by atoms with Gasteiger partial charge in [-0.3, -0.25) is 0 Å². The van der Waals surface area contributed by atoms with Gasteiger partial charge < -0.3 is 5.73 Å². The summed E-state index contributed by atoms with van der Waals surface area (Å²) in [5, 5.41) is 0. The lowest BCUT2D eigenvalue weighted by Gasteiger charge is -2.13. The number of nitrogens with two attached hydrogens (primary N) is 1. The minimum atomic E-state index is -4.52. The van der Waals surface area contributed by atoms with E-state index in [9.17, 15) is 13.2 Å². The standard InChI is InChI=1S/C17H12F3N4/c1-10-7-11(8-15(24-10)17(18,19)20)13-4-3-12(21)9-14(13)16-22-5-2-6-23-16/h2-5,7-9H,21H2,1H3. The predicted molar refractivity (Wildman–Crippen MR) is 83.7 cm³/mol. The number of nitrogens with zero attached hydrogens (tertiary/aromatic N) is 3. The summed E-state index contributed by atoms with van der Waals surface area (Å²) in [6, 6.07) is 9.02. The van der Waals surface area contributed by atoms with E-state index in [0.29, 0.717) is 28.2 Å². The normalized spacial score (nSPS) is 11.5. The van der Waals surface area contributed by atoms with E-state index in [1.165, 1.54) is 19.2 Å². The van der Waals surface area contributed by atoms with E-state index >= 15 is 0 Å². The molecule has 0 atom stereocenters. The first kappa shape index (κ1) is 15.9. The van der Waals surface area contributed by atoms with Crippen molar-refractivity contribution in [2.24, 2.45) is 0 Å². The smallest absolute Gasteiger partial charge is 0.399 e. The molecule has 2 N–H and O–H groups in total. The average Bonchev–Trinajstić information content (AvgIpc) is 2.54. The van der Waals surface area contributed by atoms with Gasteiger partial charge in [0.15, 0.2) is 5.82 Å². The number of halogens is 3. The van der Waals surface area contributed by atoms with Crippen molar-refractivity contribution in [2.75, 3.05) is 5.73 Å². The summed E-state index contributed by atoms with van der Waals surface area (Å²) in [4.78, 5) is 11.7. The Balaban J connectivity index is 2.23. The van der Waals surface area contributed by atoms with E-state index in [-0.39, 0.29) is 5.69 Å². The lowest BCUT2D eigenvalue weighted by Crippen LogP contribution is -2.09. The van der Waals surface area contributed by atoms with Crippen molar-refractivity contribution in [3.8, 4) is 22.5 Å². The third-order valence-electron chi connectivity index (χ3n) is 3.36. The highest BCUT2D eigenvalue weighted by Crippen LogP contribution is 2.35. The van der Waals surface area contributed by atoms with E-state index in [1.54, 1.807) is 24.3 Å². The van der Waals surface area contributed by atoms with Crippen LogP contribution in [0.2, 0.25) is 0 Å². The van der Waals surface area contributed by atoms with E-state index < -0.39 is 11.9 Å². The highest BCUT2D eigenvalue weighted by atomic mass is 19.4. The van der Waals surface area contributed by atoms with Gasteiger partial charge in [0.25, 0.3) is 0 Å². The third kappa shape index (κ3) is 3.19. The van der Waals surface area contributed by atoms with Crippen molar-refractivity contribution < 1.29 is 13.2 Å². The van der Waals surface area contributed by atoms with Crippen molar-refractivity contribution in [1.82, 2.24) is 15.0 Å². The number of hydrogen-bond acceptors (Lipinski definition) is 4. The van der Waals surface area contributed by atoms with E-state index in [4.69, 9.17) is 5.73 Å². The van der Waals surface area contributed by atoms with Crippen molar-refractivity contribution >= 4 is 5.69 Å². The molecule has 0 aliphatic carbocycles. The van der Waals surface area contributed by atoms with Crippen LogP contribution >= 0.6 is 0 Å². The first-order valence-electron chi connectivity index (χ1n) is 7.00. The van der Waals surface area contributed by atoms with Crippen LogP contribution in [0.15, 0.2) is 42.6 Å². The molecular weight excluding hydrogens is 317 g/mol. The number of hydrogen-bond donors (Lipinski definition) is 1. The minimum Gasteiger partial charge on any atom is -0.399 e. The van der Waals surface area contributed by atoms with Gasteiger partial charge in [0.05, 0.1) is 6.20 Å². The van der Waals surface area contributed by atoms with Gasteiger partial charge in [-0.05, 0) is 48.4 Å². The summed E-state index contributed by atoms with van der Waals surface area (Å²) in [5.41, 5.74) is 7.05. The molecule has 2 aromatic heterocycles. The van der Waals surface area contributed by atoms with Gasteiger partial charge in [-0.25, -0.2) is 15.0 Å². The number of aromatic nitrogens is 3. The number of nitrogen functional groups attached to an aromatic ring is 1. The van der Waals surface area contributed by atoms with Gasteiger partial charge in [0, 0.05) is 23.1 Å². The van der Waals surface area contributed by atoms with Crippen molar-refractivity contribution in [3.63, 3.8) is 0 Å². The molecule has 0 fully saturated rings. The highest BCUT2D eigenvalue weighted by Gasteiger charge is 2.33. The quantitative estimate of drug-likeness (QED) is 0.724. The second kappa shape index (κ2) is 5.92. The van der Waals surface area contributed by atoms with Crippen LogP contribution < -0.4 is 5.73 Å². The molecular formula is C17H12F3N4. The van der Waals surface area contributed by atoms with Gasteiger partial charge in [-0.2, -0.15) is 13.2 Å². The van der Waals surface area contributed by atoms with Crippen LogP contribution in [0.1, 0.15) is 11.4 Å². The fraction of sp³-hybridized carbons (Fsp3) is 0.118. The van der Waals surface area contributed by atoms with Crippen LogP contribution in [-0.2, 0) is 6.18 Å². The number of benzene rings is 1. The molecule has 0 unspecified atom stereocenters. The second-order valence-electron chi connectivity index (χ2n) is 5.19. The Bertz CT molecular complexity index is 877. The molecule has 0 saturated heterocycles. The maximum Gasteiger partial charge on any atom is 0.433 e. The Kier molecular flexibility index (Phi) is 3.92. The SMILES string of the molecule is Cc1cc(-c2ccc(N)cc2-c2n[c]ccn2)cc(C(F)(F)F)n1. The van der Waals surface area contributed by atoms with E-state index in [1.807, 2.05) is 0 Å². The minimum absolute atomic E-state index is 0.267. The van der Waals surface area contributed by atoms with Gasteiger partial charge >= 0.3 is 6.18 Å². The fourth-order valence-electron chi connectivity index (χ4n) is 2.37. The molecule has 1 aromatic carbocycles. The van der Waals surface area contributed by atoms with Gasteiger partial charge in [-0.1, -0.05) is 6.07 Å². The first-order valence-corrected chi connectivity index (χ1v) is 7.00. The lowest BCUT2D eigenvalue weighted by atomic mass is 9.97. The zero-order valence-electron chi connectivity index (χ0n) is 12.6. The Morgan fingerprint density at radius 1 is 1.08 bits per heavy atom. The first-order chi connectivity index (χ1) is 11.3. The van der Waals surface area contributed by atoms with Crippen LogP contribution in [0.5, 0.6) is 0 Å². The van der Waals surface area contributed by atoms with Crippen LogP contribution in [0.3, 0.4) is 0 Å². The summed E-state index contributed by atoms with van der Waals surface area (Å²) in [6.45, 7) is 1.52. The number of pyridine rings is 1. The summed E-state index contributed by atoms with van der Waals surface area (Å²) < 4.78 is 39.1. The van der Waals surface area contributed by atoms with Gasteiger partial charge in [-0.15, -0.1) is 0 Å². The zero-order valence-corrected chi connectivity index (χ0v) is 12.6. The van der Waals surface area contributed by atoms with Crippen molar-refractivity contribution in [2.45, 2.75) is 13.1 Å². The topological polar surface area (TPSA) is 64.7 Å². The summed E-state index contributed by atoms with van der Waals surface area (Å²) in [7, 11) is 0. The lowest BCUT2D eigenvalue weighted by molar-refractivity contribution is -0.141. The largest absolute Gasteiger partial charge is 0.433 e. The molecule has 7 heteroatoms. The predicted octanol–water partition coefficient (Wildman–Crippen LogP) is 3.92. The van der Waals surface area contributed by atoms with Crippen LogP contribution in [0.25, 0.3) is 22.5 Å². The average molecular weight is 329 g/mol. The van der Waals surface area contributed by atoms with E-state index in [2.05, 4.69) is 21.1 Å². The summed E-state index contributed by atoms with van der Waals surface area (Å²) in [5.74, 6) is 0.336. The molecule has 0 aliphatic heterocycles. The number of alkyl halides is 3. The number of rotatable bonds is 2. The van der Waals surface area contributed by atoms with Crippen molar-refractivity contribution in [3.05, 3.63) is 60.2 Å². The molecule has 0 aliphatic rings. The zero-order chi connectivity index (χ0) is 17.3. The molecule has 0 spiro atoms. The van der Waals surface area contributed by atoms with Gasteiger partial charge in [0.2, 0.25) is 0 Å². The maximum atomic E-state index is 13.0. The molecule has 0 saturated carbocycles. The van der Waals surface area contributed by atoms with Crippen LogP contribution in [0.4, 0.5) is 18.9 Å². The maximum absolute atomic E-state index is 13.0. The Morgan fingerprint density at radius 3 is 2.54 bits per heavy atom. The molecule has 0 amide bonds. The second-order valence-corrected chi connectivity index (χ2v) is 5.19.